The van der Waals surface area contributed by atoms with Crippen LogP contribution in [0.3, 0.4) is 0 Å². The van der Waals surface area contributed by atoms with E-state index in [9.17, 15) is 9.59 Å². The molecule has 3 N–H and O–H groups in total. The van der Waals surface area contributed by atoms with Gasteiger partial charge in [-0.15, -0.1) is 0 Å². The highest BCUT2D eigenvalue weighted by Crippen LogP contribution is 2.36. The number of urea groups is 1. The third-order valence-corrected chi connectivity index (χ3v) is 4.78. The second kappa shape index (κ2) is 8.02. The van der Waals surface area contributed by atoms with Gasteiger partial charge in [-0.3, -0.25) is 9.78 Å². The van der Waals surface area contributed by atoms with Gasteiger partial charge in [0.15, 0.2) is 0 Å². The van der Waals surface area contributed by atoms with E-state index in [0.29, 0.717) is 5.69 Å². The van der Waals surface area contributed by atoms with Crippen LogP contribution in [-0.4, -0.2) is 30.5 Å². The molecule has 0 unspecified atom stereocenters. The number of hydrogen-bond donors (Lipinski definition) is 3. The van der Waals surface area contributed by atoms with Crippen LogP contribution >= 0.6 is 0 Å². The summed E-state index contributed by atoms with van der Waals surface area (Å²) in [4.78, 5) is 30.4. The summed E-state index contributed by atoms with van der Waals surface area (Å²) in [5.74, 6) is -0.213. The number of aromatic nitrogens is 1. The molecule has 0 saturated heterocycles. The molecule has 7 heteroatoms. The van der Waals surface area contributed by atoms with Gasteiger partial charge in [0.05, 0.1) is 0 Å². The Morgan fingerprint density at radius 1 is 0.966 bits per heavy atom. The standard InChI is InChI=1S/C22H21N5O2/c1-23-21(28)19-14-18(9-11-24-19)27-12-10-15-13-17(7-8-20(15)27)26-22(29)25-16-5-3-2-4-6-16/h2-9,11,13-14H,10,12H2,1H3,(H,23,28)(H2,25,26,29). The minimum Gasteiger partial charge on any atom is -0.354 e. The zero-order valence-corrected chi connectivity index (χ0v) is 16.0. The van der Waals surface area contributed by atoms with E-state index in [1.54, 1.807) is 19.3 Å². The molecule has 0 radical (unpaired) electrons. The molecule has 0 spiro atoms. The van der Waals surface area contributed by atoms with E-state index in [-0.39, 0.29) is 11.9 Å². The Labute approximate surface area is 168 Å². The molecule has 29 heavy (non-hydrogen) atoms. The van der Waals surface area contributed by atoms with Gasteiger partial charge in [-0.25, -0.2) is 4.79 Å². The van der Waals surface area contributed by atoms with E-state index < -0.39 is 0 Å². The number of amides is 3. The molecule has 2 heterocycles. The van der Waals surface area contributed by atoms with E-state index in [1.807, 2.05) is 54.6 Å². The molecule has 4 rings (SSSR count). The monoisotopic (exact) mass is 387 g/mol. The minimum absolute atomic E-state index is 0.213. The molecule has 1 aliphatic heterocycles. The molecular formula is C22H21N5O2. The van der Waals surface area contributed by atoms with Gasteiger partial charge in [-0.05, 0) is 54.4 Å². The first-order chi connectivity index (χ1) is 14.1. The molecule has 0 fully saturated rings. The van der Waals surface area contributed by atoms with Gasteiger partial charge in [-0.1, -0.05) is 18.2 Å². The molecule has 1 aromatic heterocycles. The van der Waals surface area contributed by atoms with Crippen LogP contribution in [0.5, 0.6) is 0 Å². The number of carbonyl (C=O) groups excluding carboxylic acids is 2. The lowest BCUT2D eigenvalue weighted by atomic mass is 10.1. The highest BCUT2D eigenvalue weighted by atomic mass is 16.2. The summed E-state index contributed by atoms with van der Waals surface area (Å²) in [6, 6.07) is 18.6. The number of para-hydroxylation sites is 1. The van der Waals surface area contributed by atoms with Crippen LogP contribution in [0.2, 0.25) is 0 Å². The van der Waals surface area contributed by atoms with Crippen LogP contribution in [0.4, 0.5) is 27.5 Å². The minimum atomic E-state index is -0.282. The van der Waals surface area contributed by atoms with E-state index in [0.717, 1.165) is 41.3 Å². The zero-order valence-electron chi connectivity index (χ0n) is 16.0. The van der Waals surface area contributed by atoms with Crippen molar-refractivity contribution in [2.45, 2.75) is 6.42 Å². The summed E-state index contributed by atoms with van der Waals surface area (Å²) in [5, 5.41) is 8.28. The van der Waals surface area contributed by atoms with Crippen molar-refractivity contribution < 1.29 is 9.59 Å². The number of anilines is 4. The number of rotatable bonds is 4. The Balaban J connectivity index is 1.49. The number of hydrogen-bond acceptors (Lipinski definition) is 4. The van der Waals surface area contributed by atoms with Crippen molar-refractivity contribution in [3.63, 3.8) is 0 Å². The number of benzene rings is 2. The van der Waals surface area contributed by atoms with Crippen LogP contribution in [0.1, 0.15) is 16.1 Å². The molecular weight excluding hydrogens is 366 g/mol. The predicted molar refractivity (Wildman–Crippen MR) is 114 cm³/mol. The lowest BCUT2D eigenvalue weighted by Crippen LogP contribution is -2.20. The molecule has 3 amide bonds. The Bertz CT molecular complexity index is 1050. The number of nitrogens with one attached hydrogen (secondary N) is 3. The number of nitrogens with zero attached hydrogens (tertiary/aromatic N) is 2. The smallest absolute Gasteiger partial charge is 0.323 e. The van der Waals surface area contributed by atoms with Crippen molar-refractivity contribution in [2.24, 2.45) is 0 Å². The van der Waals surface area contributed by atoms with Gasteiger partial charge < -0.3 is 20.9 Å². The van der Waals surface area contributed by atoms with Crippen LogP contribution in [0, 0.1) is 0 Å². The highest BCUT2D eigenvalue weighted by Gasteiger charge is 2.22. The SMILES string of the molecule is CNC(=O)c1cc(N2CCc3cc(NC(=O)Nc4ccccc4)ccc32)ccn1. The number of pyridine rings is 1. The lowest BCUT2D eigenvalue weighted by Gasteiger charge is -2.20. The fourth-order valence-electron chi connectivity index (χ4n) is 3.40. The Morgan fingerprint density at radius 3 is 2.55 bits per heavy atom. The van der Waals surface area contributed by atoms with E-state index in [1.165, 1.54) is 0 Å². The molecule has 0 bridgehead atoms. The van der Waals surface area contributed by atoms with Gasteiger partial charge >= 0.3 is 6.03 Å². The summed E-state index contributed by atoms with van der Waals surface area (Å²) in [6.45, 7) is 0.798. The molecule has 7 nitrogen and oxygen atoms in total. The maximum Gasteiger partial charge on any atom is 0.323 e. The third-order valence-electron chi connectivity index (χ3n) is 4.78. The Morgan fingerprint density at radius 2 is 1.76 bits per heavy atom. The number of carbonyl (C=O) groups is 2. The van der Waals surface area contributed by atoms with Crippen molar-refractivity contribution in [2.75, 3.05) is 29.1 Å². The van der Waals surface area contributed by atoms with Crippen molar-refractivity contribution >= 4 is 34.7 Å². The fraction of sp³-hybridized carbons (Fsp3) is 0.136. The van der Waals surface area contributed by atoms with Crippen molar-refractivity contribution in [3.8, 4) is 0 Å². The zero-order chi connectivity index (χ0) is 20.2. The molecule has 0 aliphatic carbocycles. The molecule has 3 aromatic rings. The maximum atomic E-state index is 12.2. The Hall–Kier alpha value is -3.87. The normalized spacial score (nSPS) is 12.2. The molecule has 1 aliphatic rings. The van der Waals surface area contributed by atoms with Gasteiger partial charge in [0, 0.05) is 42.5 Å². The predicted octanol–water partition coefficient (Wildman–Crippen LogP) is 3.78. The van der Waals surface area contributed by atoms with E-state index in [2.05, 4.69) is 25.8 Å². The average Bonchev–Trinajstić information content (AvgIpc) is 3.17. The van der Waals surface area contributed by atoms with Crippen molar-refractivity contribution in [1.82, 2.24) is 10.3 Å². The molecule has 2 aromatic carbocycles. The third kappa shape index (κ3) is 4.03. The largest absolute Gasteiger partial charge is 0.354 e. The second-order valence-corrected chi connectivity index (χ2v) is 6.67. The van der Waals surface area contributed by atoms with Gasteiger partial charge in [0.25, 0.3) is 5.91 Å². The van der Waals surface area contributed by atoms with Crippen LogP contribution in [-0.2, 0) is 6.42 Å². The van der Waals surface area contributed by atoms with Crippen LogP contribution < -0.4 is 20.9 Å². The summed E-state index contributed by atoms with van der Waals surface area (Å²) < 4.78 is 0. The Kier molecular flexibility index (Phi) is 5.11. The molecule has 146 valence electrons. The fourth-order valence-corrected chi connectivity index (χ4v) is 3.40. The lowest BCUT2D eigenvalue weighted by molar-refractivity contribution is 0.0958. The van der Waals surface area contributed by atoms with E-state index in [4.69, 9.17) is 0 Å². The second-order valence-electron chi connectivity index (χ2n) is 6.67. The highest BCUT2D eigenvalue weighted by molar-refractivity contribution is 6.00. The van der Waals surface area contributed by atoms with Gasteiger partial charge in [0.2, 0.25) is 0 Å². The summed E-state index contributed by atoms with van der Waals surface area (Å²) in [7, 11) is 1.59. The maximum absolute atomic E-state index is 12.2. The summed E-state index contributed by atoms with van der Waals surface area (Å²) in [5.41, 5.74) is 4.98. The first-order valence-electron chi connectivity index (χ1n) is 9.36. The quantitative estimate of drug-likeness (QED) is 0.636. The van der Waals surface area contributed by atoms with Crippen molar-refractivity contribution in [3.05, 3.63) is 78.1 Å². The molecule has 0 atom stereocenters. The van der Waals surface area contributed by atoms with Crippen molar-refractivity contribution in [1.29, 1.82) is 0 Å². The number of fused-ring (bicyclic) bond motifs is 1. The van der Waals surface area contributed by atoms with Gasteiger partial charge in [-0.2, -0.15) is 0 Å². The van der Waals surface area contributed by atoms with Gasteiger partial charge in [0.1, 0.15) is 5.69 Å². The summed E-state index contributed by atoms with van der Waals surface area (Å²) >= 11 is 0. The average molecular weight is 387 g/mol. The molecule has 0 saturated carbocycles. The first kappa shape index (κ1) is 18.5. The van der Waals surface area contributed by atoms with Crippen LogP contribution in [0.15, 0.2) is 66.9 Å². The first-order valence-corrected chi connectivity index (χ1v) is 9.36. The summed E-state index contributed by atoms with van der Waals surface area (Å²) in [6.07, 6.45) is 2.49. The van der Waals surface area contributed by atoms with Crippen LogP contribution in [0.25, 0.3) is 0 Å². The van der Waals surface area contributed by atoms with E-state index >= 15 is 0 Å². The topological polar surface area (TPSA) is 86.4 Å².